The summed E-state index contributed by atoms with van der Waals surface area (Å²) in [6.45, 7) is 0.0831. The second kappa shape index (κ2) is 5.97. The van der Waals surface area contributed by atoms with E-state index in [-0.39, 0.29) is 23.5 Å². The van der Waals surface area contributed by atoms with Gasteiger partial charge in [0.15, 0.2) is 0 Å². The number of pyridine rings is 1. The molecular formula is C13H13NO4. The van der Waals surface area contributed by atoms with Crippen molar-refractivity contribution in [3.63, 3.8) is 0 Å². The zero-order chi connectivity index (χ0) is 12.8. The number of ether oxygens (including phenoxy) is 1. The molecule has 0 radical (unpaired) electrons. The fourth-order valence-electron chi connectivity index (χ4n) is 1.46. The Balaban J connectivity index is 1.93. The average Bonchev–Trinajstić information content (AvgIpc) is 2.42. The van der Waals surface area contributed by atoms with Crippen molar-refractivity contribution in [2.75, 3.05) is 6.61 Å². The highest BCUT2D eigenvalue weighted by atomic mass is 16.5. The third kappa shape index (κ3) is 3.18. The number of rotatable bonds is 5. The van der Waals surface area contributed by atoms with Crippen LogP contribution in [0.15, 0.2) is 46.1 Å². The lowest BCUT2D eigenvalue weighted by Crippen LogP contribution is -2.10. The third-order valence-electron chi connectivity index (χ3n) is 2.41. The summed E-state index contributed by atoms with van der Waals surface area (Å²) in [7, 11) is 0. The topological polar surface area (TPSA) is 72.6 Å². The summed E-state index contributed by atoms with van der Waals surface area (Å²) < 4.78 is 10.3. The number of hydrogen-bond acceptors (Lipinski definition) is 5. The van der Waals surface area contributed by atoms with E-state index in [9.17, 15) is 4.79 Å². The fraction of sp³-hybridized carbons (Fsp3) is 0.231. The minimum Gasteiger partial charge on any atom is -0.486 e. The van der Waals surface area contributed by atoms with Crippen LogP contribution in [0.2, 0.25) is 0 Å². The highest BCUT2D eigenvalue weighted by Crippen LogP contribution is 2.07. The summed E-state index contributed by atoms with van der Waals surface area (Å²) >= 11 is 0. The molecule has 1 N–H and O–H groups in total. The molecule has 94 valence electrons. The van der Waals surface area contributed by atoms with Crippen molar-refractivity contribution < 1.29 is 14.3 Å². The van der Waals surface area contributed by atoms with E-state index in [1.165, 1.54) is 12.3 Å². The Morgan fingerprint density at radius 3 is 2.78 bits per heavy atom. The molecule has 0 unspecified atom stereocenters. The van der Waals surface area contributed by atoms with Gasteiger partial charge in [0.1, 0.15) is 18.6 Å². The van der Waals surface area contributed by atoms with Crippen molar-refractivity contribution in [1.29, 1.82) is 0 Å². The summed E-state index contributed by atoms with van der Waals surface area (Å²) in [5, 5.41) is 8.80. The van der Waals surface area contributed by atoms with E-state index in [1.807, 2.05) is 12.1 Å². The molecule has 0 atom stereocenters. The number of nitrogens with zero attached hydrogens (tertiary/aromatic N) is 1. The number of hydrogen-bond donors (Lipinski definition) is 1. The van der Waals surface area contributed by atoms with Gasteiger partial charge in [-0.1, -0.05) is 0 Å². The first-order valence-electron chi connectivity index (χ1n) is 5.54. The zero-order valence-electron chi connectivity index (χ0n) is 9.70. The Kier molecular flexibility index (Phi) is 4.09. The Bertz CT molecular complexity index is 550. The van der Waals surface area contributed by atoms with Gasteiger partial charge in [0.2, 0.25) is 11.2 Å². The third-order valence-corrected chi connectivity index (χ3v) is 2.41. The van der Waals surface area contributed by atoms with Crippen molar-refractivity contribution in [2.24, 2.45) is 0 Å². The molecule has 18 heavy (non-hydrogen) atoms. The molecule has 0 saturated heterocycles. The summed E-state index contributed by atoms with van der Waals surface area (Å²) in [5.74, 6) is 0.378. The van der Waals surface area contributed by atoms with Gasteiger partial charge in [-0.2, -0.15) is 0 Å². The normalized spacial score (nSPS) is 10.3. The van der Waals surface area contributed by atoms with Crippen molar-refractivity contribution in [3.8, 4) is 5.75 Å². The monoisotopic (exact) mass is 247 g/mol. The molecule has 0 aromatic carbocycles. The SMILES string of the molecule is O=c1cc(CO)occ1OCCc1ccncc1. The zero-order valence-corrected chi connectivity index (χ0v) is 9.70. The van der Waals surface area contributed by atoms with Gasteiger partial charge in [-0.25, -0.2) is 0 Å². The minimum absolute atomic E-state index is 0.154. The maximum absolute atomic E-state index is 11.5. The molecule has 5 nitrogen and oxygen atoms in total. The van der Waals surface area contributed by atoms with Crippen molar-refractivity contribution in [2.45, 2.75) is 13.0 Å². The minimum atomic E-state index is -0.299. The first-order valence-corrected chi connectivity index (χ1v) is 5.54. The van der Waals surface area contributed by atoms with Crippen LogP contribution in [0, 0.1) is 0 Å². The maximum Gasteiger partial charge on any atom is 0.227 e. The summed E-state index contributed by atoms with van der Waals surface area (Å²) in [4.78, 5) is 15.5. The van der Waals surface area contributed by atoms with Crippen LogP contribution in [0.3, 0.4) is 0 Å². The van der Waals surface area contributed by atoms with Crippen LogP contribution < -0.4 is 10.2 Å². The molecule has 0 aliphatic heterocycles. The Morgan fingerprint density at radius 2 is 2.11 bits per heavy atom. The van der Waals surface area contributed by atoms with Crippen LogP contribution in [0.5, 0.6) is 5.75 Å². The molecule has 0 aliphatic carbocycles. The second-order valence-corrected chi connectivity index (χ2v) is 3.69. The van der Waals surface area contributed by atoms with Gasteiger partial charge in [-0.3, -0.25) is 9.78 Å². The van der Waals surface area contributed by atoms with Gasteiger partial charge in [0.25, 0.3) is 0 Å². The first kappa shape index (κ1) is 12.3. The van der Waals surface area contributed by atoms with Gasteiger partial charge in [0.05, 0.1) is 6.61 Å². The van der Waals surface area contributed by atoms with Crippen molar-refractivity contribution in [3.05, 3.63) is 58.4 Å². The molecular weight excluding hydrogens is 234 g/mol. The van der Waals surface area contributed by atoms with Crippen LogP contribution in [0.4, 0.5) is 0 Å². The molecule has 0 amide bonds. The Hall–Kier alpha value is -2.14. The van der Waals surface area contributed by atoms with Gasteiger partial charge in [-0.15, -0.1) is 0 Å². The maximum atomic E-state index is 11.5. The molecule has 0 bridgehead atoms. The van der Waals surface area contributed by atoms with Gasteiger partial charge in [-0.05, 0) is 17.7 Å². The molecule has 0 fully saturated rings. The molecule has 0 aliphatic rings. The number of aromatic nitrogens is 1. The van der Waals surface area contributed by atoms with E-state index in [4.69, 9.17) is 14.3 Å². The van der Waals surface area contributed by atoms with Crippen molar-refractivity contribution in [1.82, 2.24) is 4.98 Å². The molecule has 2 heterocycles. The summed E-state index contributed by atoms with van der Waals surface area (Å²) in [6, 6.07) is 5.00. The molecule has 0 spiro atoms. The average molecular weight is 247 g/mol. The van der Waals surface area contributed by atoms with Gasteiger partial charge < -0.3 is 14.3 Å². The van der Waals surface area contributed by atoms with Crippen LogP contribution in [0.1, 0.15) is 11.3 Å². The highest BCUT2D eigenvalue weighted by molar-refractivity contribution is 5.17. The fourth-order valence-corrected chi connectivity index (χ4v) is 1.46. The predicted octanol–water partition coefficient (Wildman–Crippen LogP) is 1.15. The predicted molar refractivity (Wildman–Crippen MR) is 64.3 cm³/mol. The Labute approximate surface area is 104 Å². The van der Waals surface area contributed by atoms with Crippen LogP contribution >= 0.6 is 0 Å². The largest absolute Gasteiger partial charge is 0.486 e. The molecule has 0 saturated carbocycles. The number of aliphatic hydroxyl groups excluding tert-OH is 1. The van der Waals surface area contributed by atoms with Crippen molar-refractivity contribution >= 4 is 0 Å². The smallest absolute Gasteiger partial charge is 0.227 e. The van der Waals surface area contributed by atoms with E-state index < -0.39 is 0 Å². The quantitative estimate of drug-likeness (QED) is 0.858. The summed E-state index contributed by atoms with van der Waals surface area (Å²) in [5.41, 5.74) is 0.793. The summed E-state index contributed by atoms with van der Waals surface area (Å²) in [6.07, 6.45) is 5.32. The van der Waals surface area contributed by atoms with E-state index >= 15 is 0 Å². The highest BCUT2D eigenvalue weighted by Gasteiger charge is 2.03. The van der Waals surface area contributed by atoms with Gasteiger partial charge in [0, 0.05) is 24.9 Å². The van der Waals surface area contributed by atoms with Crippen LogP contribution in [-0.2, 0) is 13.0 Å². The van der Waals surface area contributed by atoms with Gasteiger partial charge >= 0.3 is 0 Å². The molecule has 2 aromatic heterocycles. The standard InChI is InChI=1S/C13H13NO4/c15-8-11-7-12(16)13(9-18-11)17-6-3-10-1-4-14-5-2-10/h1-2,4-5,7,9,15H,3,6,8H2. The van der Waals surface area contributed by atoms with E-state index in [1.54, 1.807) is 12.4 Å². The van der Waals surface area contributed by atoms with E-state index in [0.717, 1.165) is 5.56 Å². The lowest BCUT2D eigenvalue weighted by Gasteiger charge is -2.05. The van der Waals surface area contributed by atoms with E-state index in [0.29, 0.717) is 13.0 Å². The lowest BCUT2D eigenvalue weighted by molar-refractivity contribution is 0.237. The first-order chi connectivity index (χ1) is 8.79. The lowest BCUT2D eigenvalue weighted by atomic mass is 10.2. The second-order valence-electron chi connectivity index (χ2n) is 3.69. The molecule has 5 heteroatoms. The van der Waals surface area contributed by atoms with Crippen LogP contribution in [-0.4, -0.2) is 16.7 Å². The Morgan fingerprint density at radius 1 is 1.33 bits per heavy atom. The van der Waals surface area contributed by atoms with E-state index in [2.05, 4.69) is 4.98 Å². The molecule has 2 rings (SSSR count). The molecule has 2 aromatic rings. The van der Waals surface area contributed by atoms with Crippen LogP contribution in [0.25, 0.3) is 0 Å². The number of aliphatic hydroxyl groups is 1.